The van der Waals surface area contributed by atoms with Gasteiger partial charge in [0.1, 0.15) is 19.7 Å². The number of hydrogen-bond acceptors (Lipinski definition) is 7. The molecule has 0 amide bonds. The number of thiazole rings is 1. The summed E-state index contributed by atoms with van der Waals surface area (Å²) in [6.07, 6.45) is 3.04. The van der Waals surface area contributed by atoms with Crippen LogP contribution in [0.5, 0.6) is 0 Å². The highest BCUT2D eigenvalue weighted by Crippen LogP contribution is 2.46. The van der Waals surface area contributed by atoms with Crippen molar-refractivity contribution in [3.8, 4) is 0 Å². The fourth-order valence-electron chi connectivity index (χ4n) is 2.90. The van der Waals surface area contributed by atoms with E-state index in [1.54, 1.807) is 13.8 Å². The van der Waals surface area contributed by atoms with Crippen LogP contribution in [0.3, 0.4) is 0 Å². The highest BCUT2D eigenvalue weighted by atomic mass is 127. The van der Waals surface area contributed by atoms with Crippen molar-refractivity contribution in [2.24, 2.45) is 10.4 Å². The second kappa shape index (κ2) is 10.9. The molecule has 0 aliphatic heterocycles. The second-order valence-electron chi connectivity index (χ2n) is 7.32. The highest BCUT2D eigenvalue weighted by Gasteiger charge is 2.45. The molecular formula is C18H31IN4O4S2. The summed E-state index contributed by atoms with van der Waals surface area (Å²) in [6, 6.07) is -0.158. The van der Waals surface area contributed by atoms with Gasteiger partial charge in [0.05, 0.1) is 24.1 Å². The fraction of sp³-hybridized carbons (Fsp3) is 0.722. The summed E-state index contributed by atoms with van der Waals surface area (Å²) in [5, 5.41) is 7.25. The van der Waals surface area contributed by atoms with E-state index in [0.29, 0.717) is 36.2 Å². The van der Waals surface area contributed by atoms with Gasteiger partial charge in [-0.05, 0) is 40.5 Å². The van der Waals surface area contributed by atoms with E-state index in [2.05, 4.69) is 20.6 Å². The number of nitrogens with zero attached hydrogens (tertiary/aromatic N) is 2. The molecule has 166 valence electrons. The van der Waals surface area contributed by atoms with Gasteiger partial charge in [-0.2, -0.15) is 0 Å². The van der Waals surface area contributed by atoms with Crippen molar-refractivity contribution in [2.75, 3.05) is 31.7 Å². The number of halogens is 1. The normalized spacial score (nSPS) is 16.5. The molecule has 11 heteroatoms. The van der Waals surface area contributed by atoms with Crippen molar-refractivity contribution in [3.63, 3.8) is 0 Å². The lowest BCUT2D eigenvalue weighted by Gasteiger charge is -2.18. The maximum absolute atomic E-state index is 12.0. The number of guanidine groups is 1. The molecule has 29 heavy (non-hydrogen) atoms. The second-order valence-corrected chi connectivity index (χ2v) is 10.5. The third kappa shape index (κ3) is 8.00. The predicted octanol–water partition coefficient (Wildman–Crippen LogP) is 2.69. The van der Waals surface area contributed by atoms with Crippen LogP contribution < -0.4 is 10.6 Å². The van der Waals surface area contributed by atoms with Crippen molar-refractivity contribution < 1.29 is 17.9 Å². The number of ether oxygens (including phenoxy) is 1. The van der Waals surface area contributed by atoms with Crippen LogP contribution in [0.1, 0.15) is 60.0 Å². The van der Waals surface area contributed by atoms with Crippen molar-refractivity contribution in [3.05, 3.63) is 15.6 Å². The first-order valence-electron chi connectivity index (χ1n) is 9.46. The Hall–Kier alpha value is -0.950. The molecule has 1 aliphatic carbocycles. The van der Waals surface area contributed by atoms with E-state index < -0.39 is 9.84 Å². The van der Waals surface area contributed by atoms with Crippen molar-refractivity contribution in [1.82, 2.24) is 15.6 Å². The number of aromatic nitrogens is 1. The van der Waals surface area contributed by atoms with Gasteiger partial charge in [0.25, 0.3) is 0 Å². The summed E-state index contributed by atoms with van der Waals surface area (Å²) in [5.74, 6) is 0.431. The number of sulfone groups is 1. The molecule has 0 aromatic carbocycles. The van der Waals surface area contributed by atoms with Gasteiger partial charge in [-0.1, -0.05) is 0 Å². The first-order valence-corrected chi connectivity index (χ1v) is 12.3. The average Bonchev–Trinajstić information content (AvgIpc) is 3.22. The summed E-state index contributed by atoms with van der Waals surface area (Å²) in [5.41, 5.74) is 0.424. The smallest absolute Gasteiger partial charge is 0.350 e. The Balaban J connectivity index is 0.00000420. The molecule has 1 aromatic heterocycles. The Kier molecular flexibility index (Phi) is 9.80. The molecule has 1 aliphatic rings. The van der Waals surface area contributed by atoms with Crippen LogP contribution in [-0.2, 0) is 14.6 Å². The predicted molar refractivity (Wildman–Crippen MR) is 127 cm³/mol. The Labute approximate surface area is 194 Å². The maximum Gasteiger partial charge on any atom is 0.350 e. The largest absolute Gasteiger partial charge is 0.462 e. The highest BCUT2D eigenvalue weighted by molar-refractivity contribution is 14.0. The van der Waals surface area contributed by atoms with E-state index in [4.69, 9.17) is 4.74 Å². The maximum atomic E-state index is 12.0. The Bertz CT molecular complexity index is 835. The van der Waals surface area contributed by atoms with Gasteiger partial charge in [0.2, 0.25) is 0 Å². The van der Waals surface area contributed by atoms with Gasteiger partial charge in [0.15, 0.2) is 5.96 Å². The average molecular weight is 559 g/mol. The lowest BCUT2D eigenvalue weighted by Crippen LogP contribution is -2.39. The standard InChI is InChI=1S/C18H30N4O4S2.HI/c1-6-19-17(20-10-18(8-9-18)11-28(5,24)25)22-13(4)15-21-12(3)14(27-15)16(23)26-7-2;/h13H,6-11H2,1-5H3,(H2,19,20,22);1H. The number of carbonyl (C=O) groups excluding carboxylic acids is 1. The third-order valence-electron chi connectivity index (χ3n) is 4.44. The number of nitrogens with one attached hydrogen (secondary N) is 2. The van der Waals surface area contributed by atoms with Crippen molar-refractivity contribution >= 4 is 57.1 Å². The van der Waals surface area contributed by atoms with Crippen LogP contribution in [0.25, 0.3) is 0 Å². The van der Waals surface area contributed by atoms with Crippen LogP contribution >= 0.6 is 35.3 Å². The molecule has 8 nitrogen and oxygen atoms in total. The van der Waals surface area contributed by atoms with E-state index in [0.717, 1.165) is 17.8 Å². The van der Waals surface area contributed by atoms with Crippen LogP contribution in [0.15, 0.2) is 4.99 Å². The number of aryl methyl sites for hydroxylation is 1. The van der Waals surface area contributed by atoms with Gasteiger partial charge in [-0.25, -0.2) is 18.2 Å². The van der Waals surface area contributed by atoms with Gasteiger partial charge in [-0.15, -0.1) is 35.3 Å². The molecule has 1 fully saturated rings. The molecule has 0 bridgehead atoms. The summed E-state index contributed by atoms with van der Waals surface area (Å²) in [6.45, 7) is 8.96. The zero-order valence-corrected chi connectivity index (χ0v) is 21.5. The summed E-state index contributed by atoms with van der Waals surface area (Å²) in [7, 11) is -3.02. The third-order valence-corrected chi connectivity index (χ3v) is 6.90. The molecule has 1 atom stereocenters. The molecule has 0 saturated heterocycles. The molecule has 0 radical (unpaired) electrons. The summed E-state index contributed by atoms with van der Waals surface area (Å²) < 4.78 is 28.3. The number of hydrogen-bond donors (Lipinski definition) is 2. The zero-order valence-electron chi connectivity index (χ0n) is 17.6. The van der Waals surface area contributed by atoms with Crippen LogP contribution in [-0.4, -0.2) is 57.0 Å². The number of esters is 1. The van der Waals surface area contributed by atoms with E-state index in [1.165, 1.54) is 17.6 Å². The van der Waals surface area contributed by atoms with E-state index in [9.17, 15) is 13.2 Å². The molecule has 1 saturated carbocycles. The van der Waals surface area contributed by atoms with Crippen molar-refractivity contribution in [2.45, 2.75) is 46.6 Å². The number of carbonyl (C=O) groups is 1. The van der Waals surface area contributed by atoms with Gasteiger partial charge in [0, 0.05) is 24.8 Å². The van der Waals surface area contributed by atoms with E-state index in [1.807, 2.05) is 13.8 Å². The van der Waals surface area contributed by atoms with Crippen LogP contribution in [0.2, 0.25) is 0 Å². The Morgan fingerprint density at radius 2 is 2.03 bits per heavy atom. The van der Waals surface area contributed by atoms with Crippen LogP contribution in [0.4, 0.5) is 0 Å². The first kappa shape index (κ1) is 26.1. The Morgan fingerprint density at radius 1 is 1.38 bits per heavy atom. The molecule has 2 rings (SSSR count). The van der Waals surface area contributed by atoms with Gasteiger partial charge >= 0.3 is 5.97 Å². The molecule has 0 spiro atoms. The molecular weight excluding hydrogens is 527 g/mol. The van der Waals surface area contributed by atoms with Gasteiger partial charge in [-0.3, -0.25) is 4.99 Å². The minimum absolute atomic E-state index is 0. The molecule has 1 aromatic rings. The van der Waals surface area contributed by atoms with E-state index >= 15 is 0 Å². The van der Waals surface area contributed by atoms with Crippen molar-refractivity contribution in [1.29, 1.82) is 0 Å². The number of aliphatic imine (C=N–C) groups is 1. The molecule has 1 unspecified atom stereocenters. The zero-order chi connectivity index (χ0) is 20.9. The quantitative estimate of drug-likeness (QED) is 0.208. The SMILES string of the molecule is CCNC(=NCC1(CS(C)(=O)=O)CC1)NC(C)c1nc(C)c(C(=O)OCC)s1.I. The lowest BCUT2D eigenvalue weighted by molar-refractivity contribution is 0.0531. The first-order chi connectivity index (χ1) is 13.1. The minimum Gasteiger partial charge on any atom is -0.462 e. The Morgan fingerprint density at radius 3 is 2.55 bits per heavy atom. The van der Waals surface area contributed by atoms with Gasteiger partial charge < -0.3 is 15.4 Å². The summed E-state index contributed by atoms with van der Waals surface area (Å²) >= 11 is 1.31. The monoisotopic (exact) mass is 558 g/mol. The summed E-state index contributed by atoms with van der Waals surface area (Å²) in [4.78, 5) is 21.6. The minimum atomic E-state index is -3.02. The van der Waals surface area contributed by atoms with E-state index in [-0.39, 0.29) is 47.2 Å². The molecule has 1 heterocycles. The topological polar surface area (TPSA) is 110 Å². The lowest BCUT2D eigenvalue weighted by atomic mass is 10.1. The van der Waals surface area contributed by atoms with Crippen LogP contribution in [0, 0.1) is 12.3 Å². The fourth-order valence-corrected chi connectivity index (χ4v) is 5.36. The number of rotatable bonds is 9. The molecule has 2 N–H and O–H groups in total.